The Labute approximate surface area is 125 Å². The van der Waals surface area contributed by atoms with Crippen molar-refractivity contribution in [2.45, 2.75) is 25.8 Å². The van der Waals surface area contributed by atoms with Crippen LogP contribution in [0.25, 0.3) is 11.0 Å². The van der Waals surface area contributed by atoms with E-state index in [0.717, 1.165) is 28.5 Å². The van der Waals surface area contributed by atoms with Crippen LogP contribution in [-0.2, 0) is 0 Å². The summed E-state index contributed by atoms with van der Waals surface area (Å²) in [7, 11) is 1.92. The average Bonchev–Trinajstić information content (AvgIpc) is 2.78. The van der Waals surface area contributed by atoms with E-state index < -0.39 is 0 Å². The molecule has 0 aliphatic heterocycles. The van der Waals surface area contributed by atoms with Gasteiger partial charge in [0.1, 0.15) is 5.76 Å². The molecule has 0 aliphatic rings. The summed E-state index contributed by atoms with van der Waals surface area (Å²) >= 11 is 15.8. The van der Waals surface area contributed by atoms with Gasteiger partial charge in [-0.3, -0.25) is 0 Å². The molecule has 1 heterocycles. The van der Waals surface area contributed by atoms with Crippen molar-refractivity contribution in [1.29, 1.82) is 0 Å². The minimum Gasteiger partial charge on any atom is -0.458 e. The second kappa shape index (κ2) is 5.83. The smallest absolute Gasteiger partial charge is 0.154 e. The number of nitrogens with one attached hydrogen (secondary N) is 1. The van der Waals surface area contributed by atoms with E-state index in [0.29, 0.717) is 15.6 Å². The van der Waals surface area contributed by atoms with Crippen molar-refractivity contribution in [2.24, 2.45) is 0 Å². The van der Waals surface area contributed by atoms with Crippen LogP contribution in [0.15, 0.2) is 21.0 Å². The second-order valence-corrected chi connectivity index (χ2v) is 5.82. The van der Waals surface area contributed by atoms with Gasteiger partial charge in [0.25, 0.3) is 0 Å². The summed E-state index contributed by atoms with van der Waals surface area (Å²) in [5.41, 5.74) is 0.649. The second-order valence-electron chi connectivity index (χ2n) is 4.18. The number of hydrogen-bond donors (Lipinski definition) is 1. The zero-order valence-corrected chi connectivity index (χ0v) is 13.3. The zero-order chi connectivity index (χ0) is 13.3. The van der Waals surface area contributed by atoms with Crippen LogP contribution in [0.5, 0.6) is 0 Å². The zero-order valence-electron chi connectivity index (χ0n) is 10.2. The molecule has 0 spiro atoms. The summed E-state index contributed by atoms with van der Waals surface area (Å²) in [6, 6.07) is 3.91. The Bertz CT molecular complexity index is 568. The maximum atomic E-state index is 6.25. The van der Waals surface area contributed by atoms with Crippen molar-refractivity contribution in [3.63, 3.8) is 0 Å². The molecule has 0 bridgehead atoms. The van der Waals surface area contributed by atoms with Crippen LogP contribution in [-0.4, -0.2) is 7.05 Å². The highest BCUT2D eigenvalue weighted by molar-refractivity contribution is 9.10. The predicted molar refractivity (Wildman–Crippen MR) is 80.6 cm³/mol. The summed E-state index contributed by atoms with van der Waals surface area (Å²) in [6.45, 7) is 2.14. The van der Waals surface area contributed by atoms with Crippen LogP contribution in [0.4, 0.5) is 0 Å². The summed E-state index contributed by atoms with van der Waals surface area (Å²) in [5, 5.41) is 5.29. The van der Waals surface area contributed by atoms with Crippen molar-refractivity contribution in [3.05, 3.63) is 32.4 Å². The molecule has 0 aliphatic carbocycles. The van der Waals surface area contributed by atoms with E-state index in [9.17, 15) is 0 Å². The van der Waals surface area contributed by atoms with Gasteiger partial charge in [0.05, 0.1) is 16.1 Å². The topological polar surface area (TPSA) is 25.2 Å². The van der Waals surface area contributed by atoms with E-state index in [-0.39, 0.29) is 6.04 Å². The Morgan fingerprint density at radius 3 is 2.72 bits per heavy atom. The van der Waals surface area contributed by atoms with Gasteiger partial charge in [-0.1, -0.05) is 36.5 Å². The van der Waals surface area contributed by atoms with Gasteiger partial charge >= 0.3 is 0 Å². The van der Waals surface area contributed by atoms with E-state index in [1.807, 2.05) is 13.1 Å². The van der Waals surface area contributed by atoms with Gasteiger partial charge in [-0.2, -0.15) is 0 Å². The quantitative estimate of drug-likeness (QED) is 0.730. The molecule has 1 aromatic heterocycles. The summed E-state index contributed by atoms with van der Waals surface area (Å²) in [5.74, 6) is 0.872. The minimum atomic E-state index is 0.188. The lowest BCUT2D eigenvalue weighted by molar-refractivity contribution is 0.430. The van der Waals surface area contributed by atoms with Gasteiger partial charge in [0.2, 0.25) is 0 Å². The molecule has 0 saturated carbocycles. The molecule has 1 aromatic carbocycles. The monoisotopic (exact) mass is 349 g/mol. The van der Waals surface area contributed by atoms with Crippen LogP contribution in [0.3, 0.4) is 0 Å². The highest BCUT2D eigenvalue weighted by Gasteiger charge is 2.18. The maximum absolute atomic E-state index is 6.25. The van der Waals surface area contributed by atoms with E-state index in [1.54, 1.807) is 6.07 Å². The lowest BCUT2D eigenvalue weighted by Crippen LogP contribution is -2.15. The fraction of sp³-hybridized carbons (Fsp3) is 0.385. The Morgan fingerprint density at radius 1 is 1.39 bits per heavy atom. The summed E-state index contributed by atoms with van der Waals surface area (Å²) in [4.78, 5) is 0. The molecule has 98 valence electrons. The van der Waals surface area contributed by atoms with Crippen LogP contribution in [0.1, 0.15) is 31.6 Å². The molecular formula is C13H14BrCl2NO. The van der Waals surface area contributed by atoms with Crippen molar-refractivity contribution >= 4 is 50.1 Å². The van der Waals surface area contributed by atoms with E-state index in [4.69, 9.17) is 27.6 Å². The first kappa shape index (κ1) is 14.2. The molecule has 2 aromatic rings. The lowest BCUT2D eigenvalue weighted by atomic mass is 10.1. The Kier molecular flexibility index (Phi) is 4.59. The highest BCUT2D eigenvalue weighted by Crippen LogP contribution is 2.39. The van der Waals surface area contributed by atoms with Gasteiger partial charge in [-0.25, -0.2) is 0 Å². The third kappa shape index (κ3) is 2.55. The number of benzene rings is 1. The molecule has 5 heteroatoms. The molecule has 1 N–H and O–H groups in total. The third-order valence-corrected chi connectivity index (χ3v) is 4.48. The van der Waals surface area contributed by atoms with E-state index >= 15 is 0 Å². The van der Waals surface area contributed by atoms with E-state index in [2.05, 4.69) is 28.2 Å². The standard InChI is InChI=1S/C13H14BrCl2NO/c1-3-4-10(17-2)11-5-7-12(16)8(14)6-9(15)13(7)18-11/h5-6,10,17H,3-4H2,1-2H3. The fourth-order valence-electron chi connectivity index (χ4n) is 2.01. The fourth-order valence-corrected chi connectivity index (χ4v) is 3.03. The van der Waals surface area contributed by atoms with Gasteiger partial charge in [0.15, 0.2) is 5.58 Å². The number of rotatable bonds is 4. The Hall–Kier alpha value is -0.220. The molecule has 0 fully saturated rings. The molecule has 1 unspecified atom stereocenters. The summed E-state index contributed by atoms with van der Waals surface area (Å²) < 4.78 is 6.62. The number of hydrogen-bond acceptors (Lipinski definition) is 2. The Morgan fingerprint density at radius 2 is 2.11 bits per heavy atom. The average molecular weight is 351 g/mol. The maximum Gasteiger partial charge on any atom is 0.154 e. The van der Waals surface area contributed by atoms with E-state index in [1.165, 1.54) is 0 Å². The highest BCUT2D eigenvalue weighted by atomic mass is 79.9. The van der Waals surface area contributed by atoms with Gasteiger partial charge < -0.3 is 9.73 Å². The van der Waals surface area contributed by atoms with Crippen LogP contribution in [0, 0.1) is 0 Å². The normalized spacial score (nSPS) is 13.2. The van der Waals surface area contributed by atoms with Gasteiger partial charge in [-0.15, -0.1) is 0 Å². The first-order valence-electron chi connectivity index (χ1n) is 5.82. The first-order valence-corrected chi connectivity index (χ1v) is 7.37. The van der Waals surface area contributed by atoms with Crippen LogP contribution >= 0.6 is 39.1 Å². The van der Waals surface area contributed by atoms with Crippen molar-refractivity contribution in [1.82, 2.24) is 5.32 Å². The van der Waals surface area contributed by atoms with Crippen molar-refractivity contribution < 1.29 is 4.42 Å². The van der Waals surface area contributed by atoms with Crippen LogP contribution < -0.4 is 5.32 Å². The summed E-state index contributed by atoms with van der Waals surface area (Å²) in [6.07, 6.45) is 2.08. The molecular weight excluding hydrogens is 337 g/mol. The molecule has 2 rings (SSSR count). The Balaban J connectivity index is 2.56. The molecule has 0 amide bonds. The van der Waals surface area contributed by atoms with Gasteiger partial charge in [0, 0.05) is 9.86 Å². The molecule has 0 saturated heterocycles. The molecule has 18 heavy (non-hydrogen) atoms. The van der Waals surface area contributed by atoms with Crippen LogP contribution in [0.2, 0.25) is 10.0 Å². The van der Waals surface area contributed by atoms with Crippen molar-refractivity contribution in [3.8, 4) is 0 Å². The predicted octanol–water partition coefficient (Wildman–Crippen LogP) is 5.56. The number of halogens is 3. The number of furan rings is 1. The molecule has 0 radical (unpaired) electrons. The molecule has 2 nitrogen and oxygen atoms in total. The minimum absolute atomic E-state index is 0.188. The van der Waals surface area contributed by atoms with Gasteiger partial charge in [-0.05, 0) is 41.5 Å². The molecule has 1 atom stereocenters. The largest absolute Gasteiger partial charge is 0.458 e. The first-order chi connectivity index (χ1) is 8.58. The van der Waals surface area contributed by atoms with Crippen molar-refractivity contribution in [2.75, 3.05) is 7.05 Å². The SMILES string of the molecule is CCCC(NC)c1cc2c(Cl)c(Br)cc(Cl)c2o1. The number of fused-ring (bicyclic) bond motifs is 1. The third-order valence-electron chi connectivity index (χ3n) is 2.94. The lowest BCUT2D eigenvalue weighted by Gasteiger charge is -2.11.